The lowest BCUT2D eigenvalue weighted by atomic mass is 10.2. The standard InChI is InChI=1S/C11H10O6S/c1-15-7-3-4-9-8(5-7)10(6-11(12)16-9)17-18(2,13)14/h3-6H,1-2H3. The Morgan fingerprint density at radius 3 is 2.56 bits per heavy atom. The van der Waals surface area contributed by atoms with Crippen molar-refractivity contribution in [2.24, 2.45) is 0 Å². The van der Waals surface area contributed by atoms with Gasteiger partial charge in [-0.3, -0.25) is 0 Å². The van der Waals surface area contributed by atoms with Crippen LogP contribution < -0.4 is 14.5 Å². The van der Waals surface area contributed by atoms with E-state index in [9.17, 15) is 13.2 Å². The van der Waals surface area contributed by atoms with Crippen LogP contribution >= 0.6 is 0 Å². The van der Waals surface area contributed by atoms with Gasteiger partial charge in [0, 0.05) is 0 Å². The van der Waals surface area contributed by atoms with Gasteiger partial charge in [-0.25, -0.2) is 4.79 Å². The molecule has 1 aromatic carbocycles. The summed E-state index contributed by atoms with van der Waals surface area (Å²) < 4.78 is 36.9. The van der Waals surface area contributed by atoms with E-state index in [1.54, 1.807) is 6.07 Å². The third-order valence-corrected chi connectivity index (χ3v) is 2.64. The van der Waals surface area contributed by atoms with Gasteiger partial charge >= 0.3 is 15.7 Å². The van der Waals surface area contributed by atoms with Crippen molar-refractivity contribution in [1.29, 1.82) is 0 Å². The van der Waals surface area contributed by atoms with Gasteiger partial charge in [0.15, 0.2) is 5.75 Å². The van der Waals surface area contributed by atoms with E-state index >= 15 is 0 Å². The molecule has 0 bridgehead atoms. The SMILES string of the molecule is COc1ccc2oc(=O)cc(OS(C)(=O)=O)c2c1. The maximum absolute atomic E-state index is 11.3. The van der Waals surface area contributed by atoms with Gasteiger partial charge in [-0.15, -0.1) is 0 Å². The van der Waals surface area contributed by atoms with Crippen molar-refractivity contribution in [3.05, 3.63) is 34.7 Å². The minimum atomic E-state index is -3.73. The van der Waals surface area contributed by atoms with Crippen molar-refractivity contribution in [2.45, 2.75) is 0 Å². The van der Waals surface area contributed by atoms with Crippen molar-refractivity contribution in [3.8, 4) is 11.5 Å². The number of hydrogen-bond acceptors (Lipinski definition) is 6. The van der Waals surface area contributed by atoms with E-state index in [1.807, 2.05) is 0 Å². The third kappa shape index (κ3) is 2.62. The fraction of sp³-hybridized carbons (Fsp3) is 0.182. The smallest absolute Gasteiger partial charge is 0.340 e. The molecule has 0 fully saturated rings. The van der Waals surface area contributed by atoms with Crippen LogP contribution in [0.5, 0.6) is 11.5 Å². The van der Waals surface area contributed by atoms with Crippen molar-refractivity contribution in [3.63, 3.8) is 0 Å². The van der Waals surface area contributed by atoms with Crippen LogP contribution in [-0.2, 0) is 10.1 Å². The van der Waals surface area contributed by atoms with Gasteiger partial charge in [-0.05, 0) is 18.2 Å². The summed E-state index contributed by atoms with van der Waals surface area (Å²) in [5.74, 6) is 0.414. The number of ether oxygens (including phenoxy) is 1. The molecule has 0 spiro atoms. The summed E-state index contributed by atoms with van der Waals surface area (Å²) >= 11 is 0. The molecule has 1 aromatic heterocycles. The Hall–Kier alpha value is -2.02. The molecule has 0 saturated heterocycles. The van der Waals surface area contributed by atoms with Gasteiger partial charge in [-0.2, -0.15) is 8.42 Å². The summed E-state index contributed by atoms with van der Waals surface area (Å²) in [4.78, 5) is 11.3. The molecule has 2 rings (SSSR count). The van der Waals surface area contributed by atoms with Crippen molar-refractivity contribution < 1.29 is 21.8 Å². The molecule has 7 heteroatoms. The zero-order valence-electron chi connectivity index (χ0n) is 9.67. The quantitative estimate of drug-likeness (QED) is 0.614. The average Bonchev–Trinajstić information content (AvgIpc) is 2.26. The molecule has 0 saturated carbocycles. The summed E-state index contributed by atoms with van der Waals surface area (Å²) in [6.07, 6.45) is 0.896. The summed E-state index contributed by atoms with van der Waals surface area (Å²) in [5, 5.41) is 0.347. The Bertz CT molecular complexity index is 744. The van der Waals surface area contributed by atoms with Crippen LogP contribution in [0, 0.1) is 0 Å². The molecule has 0 radical (unpaired) electrons. The Balaban J connectivity index is 2.73. The molecule has 1 heterocycles. The van der Waals surface area contributed by atoms with Crippen LogP contribution in [0.15, 0.2) is 33.5 Å². The molecular formula is C11H10O6S. The molecule has 0 amide bonds. The second-order valence-electron chi connectivity index (χ2n) is 3.58. The number of hydrogen-bond donors (Lipinski definition) is 0. The molecule has 0 aliphatic rings. The van der Waals surface area contributed by atoms with E-state index in [0.717, 1.165) is 12.3 Å². The predicted octanol–water partition coefficient (Wildman–Crippen LogP) is 1.14. The van der Waals surface area contributed by atoms with Crippen LogP contribution in [0.25, 0.3) is 11.0 Å². The third-order valence-electron chi connectivity index (χ3n) is 2.15. The number of benzene rings is 1. The molecule has 6 nitrogen and oxygen atoms in total. The van der Waals surface area contributed by atoms with E-state index in [0.29, 0.717) is 11.1 Å². The Kier molecular flexibility index (Phi) is 3.00. The highest BCUT2D eigenvalue weighted by Crippen LogP contribution is 2.28. The lowest BCUT2D eigenvalue weighted by Crippen LogP contribution is -2.08. The second kappa shape index (κ2) is 4.34. The lowest BCUT2D eigenvalue weighted by molar-refractivity contribution is 0.414. The zero-order chi connectivity index (χ0) is 13.3. The molecule has 2 aromatic rings. The highest BCUT2D eigenvalue weighted by molar-refractivity contribution is 7.86. The summed E-state index contributed by atoms with van der Waals surface area (Å²) in [5.41, 5.74) is -0.465. The Morgan fingerprint density at radius 1 is 1.22 bits per heavy atom. The Morgan fingerprint density at radius 2 is 1.94 bits per heavy atom. The van der Waals surface area contributed by atoms with Gasteiger partial charge in [0.1, 0.15) is 11.3 Å². The monoisotopic (exact) mass is 270 g/mol. The fourth-order valence-corrected chi connectivity index (χ4v) is 1.94. The number of fused-ring (bicyclic) bond motifs is 1. The molecule has 0 N–H and O–H groups in total. The van der Waals surface area contributed by atoms with Gasteiger partial charge in [-0.1, -0.05) is 0 Å². The molecule has 96 valence electrons. The van der Waals surface area contributed by atoms with Crippen LogP contribution in [0.1, 0.15) is 0 Å². The van der Waals surface area contributed by atoms with E-state index in [1.165, 1.54) is 19.2 Å². The normalized spacial score (nSPS) is 11.4. The number of methoxy groups -OCH3 is 1. The highest BCUT2D eigenvalue weighted by Gasteiger charge is 2.12. The largest absolute Gasteiger partial charge is 0.497 e. The predicted molar refractivity (Wildman–Crippen MR) is 64.5 cm³/mol. The second-order valence-corrected chi connectivity index (χ2v) is 5.15. The summed E-state index contributed by atoms with van der Waals surface area (Å²) in [6, 6.07) is 5.60. The maximum atomic E-state index is 11.3. The van der Waals surface area contributed by atoms with Crippen LogP contribution in [-0.4, -0.2) is 21.8 Å². The zero-order valence-corrected chi connectivity index (χ0v) is 10.5. The van der Waals surface area contributed by atoms with E-state index < -0.39 is 15.7 Å². The first-order valence-electron chi connectivity index (χ1n) is 4.90. The maximum Gasteiger partial charge on any atom is 0.340 e. The highest BCUT2D eigenvalue weighted by atomic mass is 32.2. The first kappa shape index (κ1) is 12.4. The first-order valence-corrected chi connectivity index (χ1v) is 6.72. The molecule has 0 aliphatic heterocycles. The van der Waals surface area contributed by atoms with Crippen molar-refractivity contribution in [2.75, 3.05) is 13.4 Å². The fourth-order valence-electron chi connectivity index (χ4n) is 1.47. The minimum Gasteiger partial charge on any atom is -0.497 e. The number of rotatable bonds is 3. The van der Waals surface area contributed by atoms with E-state index in [4.69, 9.17) is 13.3 Å². The molecule has 18 heavy (non-hydrogen) atoms. The van der Waals surface area contributed by atoms with Crippen LogP contribution in [0.4, 0.5) is 0 Å². The Labute approximate surface area is 103 Å². The summed E-state index contributed by atoms with van der Waals surface area (Å²) in [6.45, 7) is 0. The van der Waals surface area contributed by atoms with Crippen LogP contribution in [0.2, 0.25) is 0 Å². The van der Waals surface area contributed by atoms with Gasteiger partial charge in [0.2, 0.25) is 0 Å². The van der Waals surface area contributed by atoms with Crippen molar-refractivity contribution >= 4 is 21.1 Å². The lowest BCUT2D eigenvalue weighted by Gasteiger charge is -2.07. The van der Waals surface area contributed by atoms with Gasteiger partial charge in [0.25, 0.3) is 0 Å². The first-order chi connectivity index (χ1) is 8.39. The van der Waals surface area contributed by atoms with Crippen LogP contribution in [0.3, 0.4) is 0 Å². The average molecular weight is 270 g/mol. The molecule has 0 unspecified atom stereocenters. The summed E-state index contributed by atoms with van der Waals surface area (Å²) in [7, 11) is -2.26. The molecular weight excluding hydrogens is 260 g/mol. The van der Waals surface area contributed by atoms with Gasteiger partial charge in [0.05, 0.1) is 24.8 Å². The van der Waals surface area contributed by atoms with E-state index in [-0.39, 0.29) is 11.3 Å². The van der Waals surface area contributed by atoms with Crippen molar-refractivity contribution in [1.82, 2.24) is 0 Å². The molecule has 0 aliphatic carbocycles. The molecule has 0 atom stereocenters. The van der Waals surface area contributed by atoms with Gasteiger partial charge < -0.3 is 13.3 Å². The topological polar surface area (TPSA) is 82.8 Å². The van der Waals surface area contributed by atoms with E-state index in [2.05, 4.69) is 0 Å². The minimum absolute atomic E-state index is 0.0809.